The average Bonchev–Trinajstić information content (AvgIpc) is 3.45. The van der Waals surface area contributed by atoms with Gasteiger partial charge in [0.2, 0.25) is 5.91 Å². The number of nitrogens with two attached hydrogens (primary N) is 1. The Kier molecular flexibility index (Phi) is 4.70. The fourth-order valence-corrected chi connectivity index (χ4v) is 3.96. The van der Waals surface area contributed by atoms with Gasteiger partial charge in [0.25, 0.3) is 0 Å². The summed E-state index contributed by atoms with van der Waals surface area (Å²) in [5.74, 6) is 0.287. The van der Waals surface area contributed by atoms with E-state index in [4.69, 9.17) is 10.5 Å². The molecule has 0 spiro atoms. The Balaban J connectivity index is 1.37. The van der Waals surface area contributed by atoms with Crippen molar-refractivity contribution in [3.63, 3.8) is 0 Å². The summed E-state index contributed by atoms with van der Waals surface area (Å²) in [6, 6.07) is 7.60. The number of nitrogen functional groups attached to an aromatic ring is 1. The lowest BCUT2D eigenvalue weighted by Crippen LogP contribution is -2.19. The van der Waals surface area contributed by atoms with E-state index in [9.17, 15) is 4.79 Å². The lowest BCUT2D eigenvalue weighted by atomic mass is 9.90. The molecule has 9 nitrogen and oxygen atoms in total. The second kappa shape index (κ2) is 7.45. The predicted octanol–water partition coefficient (Wildman–Crippen LogP) is 3.17. The van der Waals surface area contributed by atoms with E-state index in [1.165, 1.54) is 6.33 Å². The van der Waals surface area contributed by atoms with Gasteiger partial charge in [0.1, 0.15) is 23.9 Å². The Morgan fingerprint density at radius 3 is 2.69 bits per heavy atom. The van der Waals surface area contributed by atoms with E-state index >= 15 is 0 Å². The first-order valence-corrected chi connectivity index (χ1v) is 10.4. The standard InChI is InChI=1S/C23H25N7O2/c1-23(2,3)14-8-27-29(9-14)10-19(31)28-15-4-6-16(7-5-15)30-18-12-32-11-17(18)20-21(30)22(24)26-13-25-20/h4-9,13H,10-12H2,1-3H3,(H,28,31)(H2,24,25,26). The van der Waals surface area contributed by atoms with Gasteiger partial charge < -0.3 is 20.4 Å². The van der Waals surface area contributed by atoms with E-state index in [0.717, 1.165) is 33.5 Å². The monoisotopic (exact) mass is 431 g/mol. The molecule has 164 valence electrons. The van der Waals surface area contributed by atoms with Gasteiger partial charge in [-0.05, 0) is 35.2 Å². The maximum Gasteiger partial charge on any atom is 0.246 e. The summed E-state index contributed by atoms with van der Waals surface area (Å²) in [4.78, 5) is 21.1. The van der Waals surface area contributed by atoms with E-state index in [-0.39, 0.29) is 17.9 Å². The molecular weight excluding hydrogens is 406 g/mol. The Morgan fingerprint density at radius 1 is 1.19 bits per heavy atom. The number of carbonyl (C=O) groups is 1. The second-order valence-corrected chi connectivity index (χ2v) is 8.98. The number of rotatable bonds is 4. The molecule has 5 rings (SSSR count). The van der Waals surface area contributed by atoms with Gasteiger partial charge in [-0.25, -0.2) is 9.97 Å². The molecule has 0 aliphatic carbocycles. The maximum atomic E-state index is 12.5. The van der Waals surface area contributed by atoms with Crippen molar-refractivity contribution in [2.24, 2.45) is 0 Å². The number of hydrogen-bond acceptors (Lipinski definition) is 6. The van der Waals surface area contributed by atoms with Crippen LogP contribution in [-0.4, -0.2) is 30.2 Å². The molecule has 3 N–H and O–H groups in total. The normalized spacial score (nSPS) is 13.5. The van der Waals surface area contributed by atoms with Gasteiger partial charge in [0.15, 0.2) is 5.82 Å². The number of hydrogen-bond donors (Lipinski definition) is 2. The van der Waals surface area contributed by atoms with E-state index < -0.39 is 0 Å². The second-order valence-electron chi connectivity index (χ2n) is 8.98. The zero-order chi connectivity index (χ0) is 22.5. The highest BCUT2D eigenvalue weighted by Crippen LogP contribution is 2.35. The van der Waals surface area contributed by atoms with Crippen LogP contribution < -0.4 is 11.1 Å². The Bertz CT molecular complexity index is 1310. The van der Waals surface area contributed by atoms with Crippen molar-refractivity contribution in [2.75, 3.05) is 11.1 Å². The van der Waals surface area contributed by atoms with Gasteiger partial charge >= 0.3 is 0 Å². The summed E-state index contributed by atoms with van der Waals surface area (Å²) in [5.41, 5.74) is 12.5. The van der Waals surface area contributed by atoms with E-state index in [1.54, 1.807) is 10.9 Å². The van der Waals surface area contributed by atoms with Crippen LogP contribution in [0.5, 0.6) is 0 Å². The molecule has 1 amide bonds. The zero-order valence-electron chi connectivity index (χ0n) is 18.3. The molecule has 3 aromatic heterocycles. The molecule has 0 saturated carbocycles. The maximum absolute atomic E-state index is 12.5. The first-order chi connectivity index (χ1) is 15.3. The molecule has 0 atom stereocenters. The van der Waals surface area contributed by atoms with Gasteiger partial charge in [0.05, 0.1) is 25.1 Å². The van der Waals surface area contributed by atoms with Crippen molar-refractivity contribution in [1.29, 1.82) is 0 Å². The van der Waals surface area contributed by atoms with Crippen LogP contribution >= 0.6 is 0 Å². The quantitative estimate of drug-likeness (QED) is 0.513. The summed E-state index contributed by atoms with van der Waals surface area (Å²) >= 11 is 0. The average molecular weight is 432 g/mol. The Morgan fingerprint density at radius 2 is 1.97 bits per heavy atom. The molecule has 1 aliphatic heterocycles. The third kappa shape index (κ3) is 3.50. The first kappa shape index (κ1) is 20.2. The molecule has 1 aliphatic rings. The van der Waals surface area contributed by atoms with Crippen LogP contribution in [-0.2, 0) is 34.7 Å². The summed E-state index contributed by atoms with van der Waals surface area (Å²) in [6.07, 6.45) is 5.19. The summed E-state index contributed by atoms with van der Waals surface area (Å²) in [5, 5.41) is 7.23. The number of carbonyl (C=O) groups excluding carboxylic acids is 1. The van der Waals surface area contributed by atoms with Crippen LogP contribution in [0.3, 0.4) is 0 Å². The predicted molar refractivity (Wildman–Crippen MR) is 121 cm³/mol. The lowest BCUT2D eigenvalue weighted by molar-refractivity contribution is -0.116. The molecule has 32 heavy (non-hydrogen) atoms. The number of anilines is 2. The lowest BCUT2D eigenvalue weighted by Gasteiger charge is -2.15. The van der Waals surface area contributed by atoms with Crippen LogP contribution in [0.4, 0.5) is 11.5 Å². The fourth-order valence-electron chi connectivity index (χ4n) is 3.96. The number of nitrogens with one attached hydrogen (secondary N) is 1. The van der Waals surface area contributed by atoms with Crippen molar-refractivity contribution in [2.45, 2.75) is 45.9 Å². The van der Waals surface area contributed by atoms with E-state index in [0.29, 0.717) is 24.7 Å². The number of aromatic nitrogens is 5. The summed E-state index contributed by atoms with van der Waals surface area (Å²) < 4.78 is 9.33. The van der Waals surface area contributed by atoms with Gasteiger partial charge in [-0.1, -0.05) is 20.8 Å². The minimum Gasteiger partial charge on any atom is -0.382 e. The topological polar surface area (TPSA) is 113 Å². The van der Waals surface area contributed by atoms with Crippen molar-refractivity contribution < 1.29 is 9.53 Å². The number of fused-ring (bicyclic) bond motifs is 3. The Labute approximate surface area is 185 Å². The first-order valence-electron chi connectivity index (χ1n) is 10.4. The van der Waals surface area contributed by atoms with Gasteiger partial charge in [0, 0.05) is 23.1 Å². The highest BCUT2D eigenvalue weighted by atomic mass is 16.5. The number of amides is 1. The van der Waals surface area contributed by atoms with Crippen LogP contribution in [0.2, 0.25) is 0 Å². The number of benzene rings is 1. The van der Waals surface area contributed by atoms with Crippen LogP contribution in [0, 0.1) is 0 Å². The molecular formula is C23H25N7O2. The minimum absolute atomic E-state index is 0.00710. The highest BCUT2D eigenvalue weighted by molar-refractivity contribution is 5.92. The van der Waals surface area contributed by atoms with Crippen molar-refractivity contribution >= 4 is 28.4 Å². The van der Waals surface area contributed by atoms with Gasteiger partial charge in [-0.2, -0.15) is 5.10 Å². The molecule has 0 fully saturated rings. The van der Waals surface area contributed by atoms with Crippen molar-refractivity contribution in [3.05, 3.63) is 59.8 Å². The molecule has 0 unspecified atom stereocenters. The fraction of sp³-hybridized carbons (Fsp3) is 0.304. The summed E-state index contributed by atoms with van der Waals surface area (Å²) in [6.45, 7) is 7.50. The zero-order valence-corrected chi connectivity index (χ0v) is 18.3. The van der Waals surface area contributed by atoms with Gasteiger partial charge in [-0.3, -0.25) is 9.48 Å². The number of ether oxygens (including phenoxy) is 1. The third-order valence-corrected chi connectivity index (χ3v) is 5.68. The minimum atomic E-state index is -0.139. The van der Waals surface area contributed by atoms with Crippen LogP contribution in [0.15, 0.2) is 43.0 Å². The van der Waals surface area contributed by atoms with E-state index in [1.807, 2.05) is 35.0 Å². The highest BCUT2D eigenvalue weighted by Gasteiger charge is 2.25. The molecule has 9 heteroatoms. The summed E-state index contributed by atoms with van der Waals surface area (Å²) in [7, 11) is 0. The molecule has 4 aromatic rings. The van der Waals surface area contributed by atoms with Crippen LogP contribution in [0.1, 0.15) is 37.6 Å². The molecule has 4 heterocycles. The van der Waals surface area contributed by atoms with E-state index in [2.05, 4.69) is 41.2 Å². The molecule has 0 radical (unpaired) electrons. The Hall–Kier alpha value is -3.72. The molecule has 0 bridgehead atoms. The smallest absolute Gasteiger partial charge is 0.246 e. The largest absolute Gasteiger partial charge is 0.382 e. The van der Waals surface area contributed by atoms with Gasteiger partial charge in [-0.15, -0.1) is 0 Å². The van der Waals surface area contributed by atoms with Crippen LogP contribution in [0.25, 0.3) is 16.7 Å². The van der Waals surface area contributed by atoms with Crippen molar-refractivity contribution in [3.8, 4) is 5.69 Å². The SMILES string of the molecule is CC(C)(C)c1cnn(CC(=O)Nc2ccc(-n3c4c(c5ncnc(N)c53)COC4)cc2)c1. The molecule has 0 saturated heterocycles. The number of nitrogens with zero attached hydrogens (tertiary/aromatic N) is 5. The third-order valence-electron chi connectivity index (χ3n) is 5.68. The van der Waals surface area contributed by atoms with Crippen molar-refractivity contribution in [1.82, 2.24) is 24.3 Å². The molecule has 1 aromatic carbocycles.